The molecule has 0 aromatic heterocycles. The molecule has 1 heterocycles. The topological polar surface area (TPSA) is 57.6 Å². The second kappa shape index (κ2) is 4.44. The Morgan fingerprint density at radius 3 is 2.62 bits per heavy atom. The average Bonchev–Trinajstić information content (AvgIpc) is 2.57. The van der Waals surface area contributed by atoms with Crippen LogP contribution in [-0.2, 0) is 9.59 Å². The lowest BCUT2D eigenvalue weighted by molar-refractivity contribution is -0.138. The second-order valence-electron chi connectivity index (χ2n) is 5.04. The summed E-state index contributed by atoms with van der Waals surface area (Å²) >= 11 is 0. The fourth-order valence-corrected chi connectivity index (χ4v) is 3.40. The third-order valence-corrected chi connectivity index (χ3v) is 4.06. The van der Waals surface area contributed by atoms with Crippen LogP contribution in [0.2, 0.25) is 0 Å². The van der Waals surface area contributed by atoms with Crippen LogP contribution in [0, 0.1) is 11.8 Å². The number of hydrogen-bond acceptors (Lipinski definition) is 2. The molecule has 0 bridgehead atoms. The molecule has 0 radical (unpaired) electrons. The van der Waals surface area contributed by atoms with Gasteiger partial charge in [-0.15, -0.1) is 0 Å². The van der Waals surface area contributed by atoms with Crippen LogP contribution < -0.4 is 0 Å². The first-order valence-corrected chi connectivity index (χ1v) is 6.08. The number of aliphatic carboxylic acids is 1. The minimum absolute atomic E-state index is 0.102. The minimum atomic E-state index is -0.736. The first-order chi connectivity index (χ1) is 7.59. The smallest absolute Gasteiger partial charge is 0.303 e. The van der Waals surface area contributed by atoms with Crippen molar-refractivity contribution in [3.05, 3.63) is 0 Å². The first-order valence-electron chi connectivity index (χ1n) is 6.08. The molecule has 0 spiro atoms. The standard InChI is InChI=1S/C12H19NO3/c1-8(14)13-7-9(6-12(15)16)10-4-2-3-5-11(10)13/h9-11H,2-7H2,1H3,(H,15,16). The predicted octanol–water partition coefficient (Wildman–Crippen LogP) is 1.50. The molecule has 3 unspecified atom stereocenters. The number of hydrogen-bond donors (Lipinski definition) is 1. The van der Waals surface area contributed by atoms with Gasteiger partial charge in [0.25, 0.3) is 0 Å². The summed E-state index contributed by atoms with van der Waals surface area (Å²) in [7, 11) is 0. The fourth-order valence-electron chi connectivity index (χ4n) is 3.40. The number of likely N-dealkylation sites (tertiary alicyclic amines) is 1. The number of carboxylic acids is 1. The Balaban J connectivity index is 2.11. The minimum Gasteiger partial charge on any atom is -0.481 e. The van der Waals surface area contributed by atoms with Gasteiger partial charge in [0, 0.05) is 19.5 Å². The Kier molecular flexibility index (Phi) is 3.17. The van der Waals surface area contributed by atoms with E-state index in [4.69, 9.17) is 5.11 Å². The van der Waals surface area contributed by atoms with Gasteiger partial charge in [-0.2, -0.15) is 0 Å². The van der Waals surface area contributed by atoms with Crippen LogP contribution in [0.4, 0.5) is 0 Å². The highest BCUT2D eigenvalue weighted by Crippen LogP contribution is 2.41. The predicted molar refractivity (Wildman–Crippen MR) is 58.9 cm³/mol. The Bertz CT molecular complexity index is 303. The Morgan fingerprint density at radius 1 is 1.31 bits per heavy atom. The zero-order valence-electron chi connectivity index (χ0n) is 9.69. The summed E-state index contributed by atoms with van der Waals surface area (Å²) in [6, 6.07) is 0.315. The number of carboxylic acid groups (broad SMARTS) is 1. The van der Waals surface area contributed by atoms with Crippen molar-refractivity contribution in [1.29, 1.82) is 0 Å². The van der Waals surface area contributed by atoms with Crippen LogP contribution in [0.1, 0.15) is 39.0 Å². The van der Waals surface area contributed by atoms with E-state index in [9.17, 15) is 9.59 Å². The highest BCUT2D eigenvalue weighted by Gasteiger charge is 2.44. The molecule has 2 rings (SSSR count). The molecule has 4 nitrogen and oxygen atoms in total. The lowest BCUT2D eigenvalue weighted by atomic mass is 9.78. The van der Waals surface area contributed by atoms with E-state index in [1.165, 1.54) is 12.8 Å². The first kappa shape index (κ1) is 11.4. The van der Waals surface area contributed by atoms with E-state index < -0.39 is 5.97 Å². The highest BCUT2D eigenvalue weighted by molar-refractivity contribution is 5.74. The van der Waals surface area contributed by atoms with Crippen LogP contribution in [0.25, 0.3) is 0 Å². The SMILES string of the molecule is CC(=O)N1CC(CC(=O)O)C2CCCCC21. The zero-order valence-corrected chi connectivity index (χ0v) is 9.69. The van der Waals surface area contributed by atoms with Crippen molar-refractivity contribution in [3.63, 3.8) is 0 Å². The van der Waals surface area contributed by atoms with Gasteiger partial charge in [0.1, 0.15) is 0 Å². The Hall–Kier alpha value is -1.06. The number of rotatable bonds is 2. The lowest BCUT2D eigenvalue weighted by Crippen LogP contribution is -2.37. The Labute approximate surface area is 95.6 Å². The molecule has 0 aromatic rings. The molecule has 0 aromatic carbocycles. The monoisotopic (exact) mass is 225 g/mol. The van der Waals surface area contributed by atoms with Gasteiger partial charge in [0.2, 0.25) is 5.91 Å². The highest BCUT2D eigenvalue weighted by atomic mass is 16.4. The Morgan fingerprint density at radius 2 is 2.00 bits per heavy atom. The summed E-state index contributed by atoms with van der Waals surface area (Å²) in [4.78, 5) is 24.2. The van der Waals surface area contributed by atoms with E-state index in [0.29, 0.717) is 18.5 Å². The summed E-state index contributed by atoms with van der Waals surface area (Å²) in [5, 5.41) is 8.89. The summed E-state index contributed by atoms with van der Waals surface area (Å²) in [5.41, 5.74) is 0. The van der Waals surface area contributed by atoms with Gasteiger partial charge in [-0.3, -0.25) is 9.59 Å². The molecule has 3 atom stereocenters. The summed E-state index contributed by atoms with van der Waals surface area (Å²) in [6.07, 6.45) is 4.71. The van der Waals surface area contributed by atoms with Crippen molar-refractivity contribution in [2.75, 3.05) is 6.54 Å². The third-order valence-electron chi connectivity index (χ3n) is 4.06. The van der Waals surface area contributed by atoms with Crippen LogP contribution in [0.15, 0.2) is 0 Å². The number of nitrogens with zero attached hydrogens (tertiary/aromatic N) is 1. The van der Waals surface area contributed by atoms with Crippen LogP contribution >= 0.6 is 0 Å². The van der Waals surface area contributed by atoms with Gasteiger partial charge in [-0.1, -0.05) is 12.8 Å². The van der Waals surface area contributed by atoms with Crippen molar-refractivity contribution in [3.8, 4) is 0 Å². The zero-order chi connectivity index (χ0) is 11.7. The van der Waals surface area contributed by atoms with Crippen LogP contribution in [0.5, 0.6) is 0 Å². The molecule has 4 heteroatoms. The molecular formula is C12H19NO3. The van der Waals surface area contributed by atoms with E-state index in [0.717, 1.165) is 12.8 Å². The molecule has 1 saturated carbocycles. The molecule has 1 saturated heterocycles. The van der Waals surface area contributed by atoms with Crippen molar-refractivity contribution >= 4 is 11.9 Å². The summed E-state index contributed by atoms with van der Waals surface area (Å²) in [5.74, 6) is -0.0371. The molecule has 2 aliphatic rings. The maximum Gasteiger partial charge on any atom is 0.303 e. The van der Waals surface area contributed by atoms with Gasteiger partial charge in [-0.25, -0.2) is 0 Å². The molecule has 2 fully saturated rings. The largest absolute Gasteiger partial charge is 0.481 e. The number of fused-ring (bicyclic) bond motifs is 1. The van der Waals surface area contributed by atoms with Gasteiger partial charge in [0.15, 0.2) is 0 Å². The van der Waals surface area contributed by atoms with E-state index in [2.05, 4.69) is 0 Å². The average molecular weight is 225 g/mol. The van der Waals surface area contributed by atoms with Gasteiger partial charge in [-0.05, 0) is 24.7 Å². The second-order valence-corrected chi connectivity index (χ2v) is 5.04. The van der Waals surface area contributed by atoms with Crippen LogP contribution in [-0.4, -0.2) is 34.5 Å². The number of carbonyl (C=O) groups is 2. The van der Waals surface area contributed by atoms with Crippen molar-refractivity contribution < 1.29 is 14.7 Å². The molecule has 1 aliphatic heterocycles. The molecule has 1 aliphatic carbocycles. The maximum atomic E-state index is 11.5. The normalized spacial score (nSPS) is 33.6. The van der Waals surface area contributed by atoms with E-state index in [1.54, 1.807) is 6.92 Å². The number of amides is 1. The van der Waals surface area contributed by atoms with Gasteiger partial charge in [0.05, 0.1) is 6.42 Å². The van der Waals surface area contributed by atoms with Crippen molar-refractivity contribution in [2.45, 2.75) is 45.1 Å². The summed E-state index contributed by atoms with van der Waals surface area (Å²) in [6.45, 7) is 2.24. The third kappa shape index (κ3) is 2.06. The molecule has 1 N–H and O–H groups in total. The quantitative estimate of drug-likeness (QED) is 0.774. The van der Waals surface area contributed by atoms with E-state index >= 15 is 0 Å². The van der Waals surface area contributed by atoms with E-state index in [-0.39, 0.29) is 18.2 Å². The molecule has 90 valence electrons. The maximum absolute atomic E-state index is 11.5. The fraction of sp³-hybridized carbons (Fsp3) is 0.833. The lowest BCUT2D eigenvalue weighted by Gasteiger charge is -2.31. The van der Waals surface area contributed by atoms with Crippen molar-refractivity contribution in [1.82, 2.24) is 4.90 Å². The molecule has 1 amide bonds. The molecular weight excluding hydrogens is 206 g/mol. The van der Waals surface area contributed by atoms with E-state index in [1.807, 2.05) is 4.90 Å². The van der Waals surface area contributed by atoms with Gasteiger partial charge >= 0.3 is 5.97 Å². The molecule has 16 heavy (non-hydrogen) atoms. The summed E-state index contributed by atoms with van der Waals surface area (Å²) < 4.78 is 0. The van der Waals surface area contributed by atoms with Gasteiger partial charge < -0.3 is 10.0 Å². The van der Waals surface area contributed by atoms with Crippen molar-refractivity contribution in [2.24, 2.45) is 11.8 Å². The number of carbonyl (C=O) groups excluding carboxylic acids is 1. The van der Waals surface area contributed by atoms with Crippen LogP contribution in [0.3, 0.4) is 0 Å².